The molecular formula is C33H39N9O. The van der Waals surface area contributed by atoms with E-state index in [1.54, 1.807) is 20.4 Å². The molecule has 0 saturated carbocycles. The van der Waals surface area contributed by atoms with Crippen LogP contribution in [0, 0.1) is 5.41 Å². The summed E-state index contributed by atoms with van der Waals surface area (Å²) in [5.41, 5.74) is 9.20. The zero-order valence-corrected chi connectivity index (χ0v) is 25.3. The van der Waals surface area contributed by atoms with E-state index in [1.807, 2.05) is 17.9 Å². The summed E-state index contributed by atoms with van der Waals surface area (Å²) in [6.07, 6.45) is 6.81. The molecule has 1 atom stereocenters. The number of rotatable bonds is 9. The van der Waals surface area contributed by atoms with E-state index in [0.717, 1.165) is 102 Å². The molecule has 2 aliphatic rings. The van der Waals surface area contributed by atoms with Crippen LogP contribution < -0.4 is 15.0 Å². The topological polar surface area (TPSA) is 108 Å². The lowest BCUT2D eigenvalue weighted by Crippen LogP contribution is -2.46. The van der Waals surface area contributed by atoms with Crippen LogP contribution in [0.5, 0.6) is 5.75 Å². The maximum atomic E-state index is 7.77. The molecule has 1 aliphatic heterocycles. The van der Waals surface area contributed by atoms with Gasteiger partial charge in [0.15, 0.2) is 0 Å². The molecule has 2 aromatic carbocycles. The Labute approximate surface area is 253 Å². The summed E-state index contributed by atoms with van der Waals surface area (Å²) in [5, 5.41) is 16.1. The van der Waals surface area contributed by atoms with Crippen LogP contribution in [0.1, 0.15) is 29.7 Å². The van der Waals surface area contributed by atoms with Crippen LogP contribution in [-0.4, -0.2) is 84.0 Å². The molecule has 0 amide bonds. The van der Waals surface area contributed by atoms with Gasteiger partial charge in [0, 0.05) is 81.8 Å². The van der Waals surface area contributed by atoms with Crippen molar-refractivity contribution in [3.63, 3.8) is 0 Å². The number of aryl methyl sites for hydroxylation is 3. The molecule has 6 rings (SSSR count). The van der Waals surface area contributed by atoms with Crippen molar-refractivity contribution < 1.29 is 4.74 Å². The van der Waals surface area contributed by atoms with Crippen molar-refractivity contribution >= 4 is 29.8 Å². The number of fused-ring (bicyclic) bond motifs is 3. The van der Waals surface area contributed by atoms with Gasteiger partial charge in [-0.1, -0.05) is 31.2 Å². The lowest BCUT2D eigenvalue weighted by molar-refractivity contribution is 0.271. The maximum absolute atomic E-state index is 7.77. The van der Waals surface area contributed by atoms with Crippen LogP contribution in [0.4, 0.5) is 17.3 Å². The Kier molecular flexibility index (Phi) is 8.20. The molecule has 0 bridgehead atoms. The van der Waals surface area contributed by atoms with Crippen LogP contribution in [0.2, 0.25) is 0 Å². The summed E-state index contributed by atoms with van der Waals surface area (Å²) in [5.74, 6) is 1.14. The molecule has 10 heteroatoms. The highest BCUT2D eigenvalue weighted by atomic mass is 16.5. The number of benzene rings is 2. The van der Waals surface area contributed by atoms with Crippen molar-refractivity contribution in [3.8, 4) is 28.3 Å². The summed E-state index contributed by atoms with van der Waals surface area (Å²) in [4.78, 5) is 18.7. The van der Waals surface area contributed by atoms with Crippen molar-refractivity contribution in [2.24, 2.45) is 12.0 Å². The molecule has 43 heavy (non-hydrogen) atoms. The summed E-state index contributed by atoms with van der Waals surface area (Å²) in [6, 6.07) is 14.6. The third-order valence-corrected chi connectivity index (χ3v) is 8.53. The summed E-state index contributed by atoms with van der Waals surface area (Å²) in [7, 11) is 5.42. The molecule has 2 N–H and O–H groups in total. The number of aromatic nitrogens is 4. The number of aliphatic imine (C=N–C) groups is 1. The third-order valence-electron chi connectivity index (χ3n) is 8.53. The number of hydrogen-bond donors (Lipinski definition) is 2. The van der Waals surface area contributed by atoms with Gasteiger partial charge < -0.3 is 25.3 Å². The fraction of sp³-hybridized carbons (Fsp3) is 0.364. The molecular weight excluding hydrogens is 538 g/mol. The van der Waals surface area contributed by atoms with Gasteiger partial charge in [0.1, 0.15) is 5.75 Å². The lowest BCUT2D eigenvalue weighted by Gasteiger charge is -2.35. The van der Waals surface area contributed by atoms with Crippen molar-refractivity contribution in [2.75, 3.05) is 57.1 Å². The van der Waals surface area contributed by atoms with Gasteiger partial charge in [-0.2, -0.15) is 5.10 Å². The zero-order chi connectivity index (χ0) is 29.9. The molecule has 1 saturated heterocycles. The van der Waals surface area contributed by atoms with Crippen molar-refractivity contribution in [1.29, 1.82) is 5.41 Å². The molecule has 0 radical (unpaired) electrons. The molecule has 10 nitrogen and oxygen atoms in total. The van der Waals surface area contributed by atoms with E-state index >= 15 is 0 Å². The normalized spacial score (nSPS) is 15.7. The minimum Gasteiger partial charge on any atom is -0.494 e. The van der Waals surface area contributed by atoms with Crippen LogP contribution in [0.25, 0.3) is 22.5 Å². The number of nitrogens with zero attached hydrogens (tertiary/aromatic N) is 7. The van der Waals surface area contributed by atoms with Gasteiger partial charge in [-0.3, -0.25) is 9.67 Å². The lowest BCUT2D eigenvalue weighted by atomic mass is 9.91. The van der Waals surface area contributed by atoms with E-state index in [2.05, 4.69) is 74.5 Å². The average Bonchev–Trinajstić information content (AvgIpc) is 3.40. The van der Waals surface area contributed by atoms with Gasteiger partial charge in [-0.05, 0) is 42.6 Å². The second-order valence-corrected chi connectivity index (χ2v) is 11.0. The second-order valence-electron chi connectivity index (χ2n) is 11.0. The highest BCUT2D eigenvalue weighted by Gasteiger charge is 2.27. The summed E-state index contributed by atoms with van der Waals surface area (Å²) >= 11 is 0. The van der Waals surface area contributed by atoms with E-state index in [4.69, 9.17) is 20.2 Å². The summed E-state index contributed by atoms with van der Waals surface area (Å²) in [6.45, 7) is 7.47. The van der Waals surface area contributed by atoms with E-state index < -0.39 is 0 Å². The Morgan fingerprint density at radius 2 is 1.88 bits per heavy atom. The zero-order valence-electron chi connectivity index (χ0n) is 25.3. The maximum Gasteiger partial charge on any atom is 0.227 e. The molecule has 3 heterocycles. The van der Waals surface area contributed by atoms with Crippen LogP contribution in [-0.2, 0) is 19.9 Å². The predicted molar refractivity (Wildman–Crippen MR) is 174 cm³/mol. The molecule has 1 unspecified atom stereocenters. The first kappa shape index (κ1) is 28.5. The molecule has 222 valence electrons. The molecule has 2 aromatic heterocycles. The minimum absolute atomic E-state index is 0.140. The number of anilines is 3. The fourth-order valence-corrected chi connectivity index (χ4v) is 6.13. The van der Waals surface area contributed by atoms with Crippen molar-refractivity contribution in [1.82, 2.24) is 24.6 Å². The number of piperazine rings is 1. The summed E-state index contributed by atoms with van der Waals surface area (Å²) < 4.78 is 7.75. The number of hydrogen-bond acceptors (Lipinski definition) is 9. The first-order valence-corrected chi connectivity index (χ1v) is 14.9. The third kappa shape index (κ3) is 5.62. The number of methoxy groups -OCH3 is 1. The molecule has 0 spiro atoms. The molecule has 4 aromatic rings. The number of likely N-dealkylation sites (N-methyl/N-ethyl adjacent to an activating group) is 1. The van der Waals surface area contributed by atoms with Crippen molar-refractivity contribution in [3.05, 3.63) is 65.5 Å². The monoisotopic (exact) mass is 577 g/mol. The quantitative estimate of drug-likeness (QED) is 0.271. The van der Waals surface area contributed by atoms with E-state index in [-0.39, 0.29) is 5.92 Å². The molecule has 1 aliphatic carbocycles. The predicted octanol–water partition coefficient (Wildman–Crippen LogP) is 4.97. The second kappa shape index (κ2) is 12.3. The van der Waals surface area contributed by atoms with E-state index in [0.29, 0.717) is 5.95 Å². The first-order valence-electron chi connectivity index (χ1n) is 14.9. The highest BCUT2D eigenvalue weighted by Crippen LogP contribution is 2.40. The van der Waals surface area contributed by atoms with Gasteiger partial charge in [0.25, 0.3) is 0 Å². The largest absolute Gasteiger partial charge is 0.494 e. The number of ether oxygens (including phenoxy) is 1. The Bertz CT molecular complexity index is 1640. The van der Waals surface area contributed by atoms with Crippen LogP contribution in [0.3, 0.4) is 0 Å². The van der Waals surface area contributed by atoms with Crippen molar-refractivity contribution in [2.45, 2.75) is 25.7 Å². The van der Waals surface area contributed by atoms with Gasteiger partial charge in [0.05, 0.1) is 35.8 Å². The van der Waals surface area contributed by atoms with Crippen LogP contribution >= 0.6 is 0 Å². The smallest absolute Gasteiger partial charge is 0.227 e. The highest BCUT2D eigenvalue weighted by molar-refractivity contribution is 5.90. The number of nitrogens with one attached hydrogen (secondary N) is 2. The average molecular weight is 578 g/mol. The van der Waals surface area contributed by atoms with E-state index in [1.165, 1.54) is 6.21 Å². The Hall–Kier alpha value is -4.57. The Morgan fingerprint density at radius 3 is 2.58 bits per heavy atom. The first-order chi connectivity index (χ1) is 21.0. The Balaban J connectivity index is 1.30. The van der Waals surface area contributed by atoms with Gasteiger partial charge in [-0.25, -0.2) is 9.97 Å². The van der Waals surface area contributed by atoms with Gasteiger partial charge in [-0.15, -0.1) is 0 Å². The standard InChI is InChI=1S/C33H39N9O/c1-5-41-14-16-42(17-15-41)26-11-13-27(29(18-26)43-4)37-33-36-21-24-10-12-28-30(31(24)38-33)32(40(3)39-28)23-8-6-22(7-9-23)25(19-34)20-35-2/h6-9,11,13,18-21,25,34H,5,10,12,14-17H2,1-4H3,(H,36,37,38). The fourth-order valence-electron chi connectivity index (χ4n) is 6.13. The molecule has 1 fully saturated rings. The van der Waals surface area contributed by atoms with Gasteiger partial charge in [0.2, 0.25) is 5.95 Å². The minimum atomic E-state index is -0.140. The van der Waals surface area contributed by atoms with E-state index in [9.17, 15) is 0 Å². The SMILES string of the molecule is CCN1CCN(c2ccc(Nc3ncc4c(n3)-c3c(nn(C)c3-c3ccc(C(C=N)C=NC)cc3)CC4)c(OC)c2)CC1. The Morgan fingerprint density at radius 1 is 1.09 bits per heavy atom. The van der Waals surface area contributed by atoms with Crippen LogP contribution in [0.15, 0.2) is 53.7 Å². The van der Waals surface area contributed by atoms with Gasteiger partial charge >= 0.3 is 0 Å².